The second kappa shape index (κ2) is 7.31. The molecule has 0 aliphatic carbocycles. The third-order valence-corrected chi connectivity index (χ3v) is 2.50. The molecule has 0 spiro atoms. The Bertz CT molecular complexity index is 472. The number of nitriles is 1. The molecule has 102 valence electrons. The van der Waals surface area contributed by atoms with E-state index in [9.17, 15) is 13.6 Å². The molecule has 0 saturated heterocycles. The molecule has 6 heteroatoms. The number of hydrogen-bond donors (Lipinski definition) is 0. The van der Waals surface area contributed by atoms with Gasteiger partial charge in [-0.25, -0.2) is 0 Å². The number of rotatable bonds is 6. The van der Waals surface area contributed by atoms with Crippen molar-refractivity contribution in [2.75, 3.05) is 13.1 Å². The van der Waals surface area contributed by atoms with Gasteiger partial charge in [-0.2, -0.15) is 14.0 Å². The summed E-state index contributed by atoms with van der Waals surface area (Å²) < 4.78 is 28.8. The molecular formula is C13H14F2N2O2. The van der Waals surface area contributed by atoms with Crippen LogP contribution >= 0.6 is 0 Å². The quantitative estimate of drug-likeness (QED) is 0.797. The minimum absolute atomic E-state index is 0.0718. The molecule has 0 bridgehead atoms. The van der Waals surface area contributed by atoms with Crippen LogP contribution in [0.1, 0.15) is 23.7 Å². The Morgan fingerprint density at radius 3 is 2.74 bits per heavy atom. The van der Waals surface area contributed by atoms with E-state index in [1.54, 1.807) is 13.0 Å². The molecule has 0 aromatic heterocycles. The SMILES string of the molecule is CCN(CCC#N)C(=O)c1ccccc1OC(F)F. The van der Waals surface area contributed by atoms with Crippen molar-refractivity contribution in [1.29, 1.82) is 5.26 Å². The maximum absolute atomic E-state index is 12.3. The highest BCUT2D eigenvalue weighted by Crippen LogP contribution is 2.21. The second-order valence-corrected chi connectivity index (χ2v) is 3.67. The Morgan fingerprint density at radius 2 is 2.16 bits per heavy atom. The first-order valence-corrected chi connectivity index (χ1v) is 5.80. The van der Waals surface area contributed by atoms with E-state index in [0.717, 1.165) is 0 Å². The molecule has 0 N–H and O–H groups in total. The zero-order valence-electron chi connectivity index (χ0n) is 10.5. The van der Waals surface area contributed by atoms with Crippen LogP contribution in [0.4, 0.5) is 8.78 Å². The van der Waals surface area contributed by atoms with Crippen LogP contribution in [0.3, 0.4) is 0 Å². The molecule has 0 radical (unpaired) electrons. The molecule has 1 rings (SSSR count). The van der Waals surface area contributed by atoms with Crippen molar-refractivity contribution >= 4 is 5.91 Å². The summed E-state index contributed by atoms with van der Waals surface area (Å²) in [6, 6.07) is 7.77. The first-order valence-electron chi connectivity index (χ1n) is 5.80. The highest BCUT2D eigenvalue weighted by molar-refractivity contribution is 5.96. The zero-order chi connectivity index (χ0) is 14.3. The van der Waals surface area contributed by atoms with Crippen molar-refractivity contribution in [1.82, 2.24) is 4.90 Å². The molecular weight excluding hydrogens is 254 g/mol. The standard InChI is InChI=1S/C13H14F2N2O2/c1-2-17(9-5-8-16)12(18)10-6-3-4-7-11(10)19-13(14)15/h3-4,6-7,13H,2,5,9H2,1H3. The number of hydrogen-bond acceptors (Lipinski definition) is 3. The third kappa shape index (κ3) is 4.21. The van der Waals surface area contributed by atoms with Gasteiger partial charge in [-0.05, 0) is 19.1 Å². The number of para-hydroxylation sites is 1. The minimum atomic E-state index is -2.98. The number of ether oxygens (including phenoxy) is 1. The van der Waals surface area contributed by atoms with Gasteiger partial charge in [0.05, 0.1) is 18.1 Å². The van der Waals surface area contributed by atoms with Crippen molar-refractivity contribution in [3.8, 4) is 11.8 Å². The molecule has 19 heavy (non-hydrogen) atoms. The summed E-state index contributed by atoms with van der Waals surface area (Å²) in [7, 11) is 0. The fraction of sp³-hybridized carbons (Fsp3) is 0.385. The van der Waals surface area contributed by atoms with Crippen LogP contribution in [0.25, 0.3) is 0 Å². The highest BCUT2D eigenvalue weighted by Gasteiger charge is 2.19. The average molecular weight is 268 g/mol. The number of amides is 1. The molecule has 0 atom stereocenters. The molecule has 1 aromatic carbocycles. The van der Waals surface area contributed by atoms with Gasteiger partial charge < -0.3 is 9.64 Å². The van der Waals surface area contributed by atoms with E-state index in [1.807, 2.05) is 6.07 Å². The van der Waals surface area contributed by atoms with Gasteiger partial charge in [0, 0.05) is 13.1 Å². The van der Waals surface area contributed by atoms with Gasteiger partial charge in [0.2, 0.25) is 0 Å². The van der Waals surface area contributed by atoms with E-state index in [1.165, 1.54) is 23.1 Å². The van der Waals surface area contributed by atoms with Crippen LogP contribution in [0.5, 0.6) is 5.75 Å². The van der Waals surface area contributed by atoms with Crippen molar-refractivity contribution in [2.24, 2.45) is 0 Å². The number of nitrogens with zero attached hydrogens (tertiary/aromatic N) is 2. The fourth-order valence-electron chi connectivity index (χ4n) is 1.60. The average Bonchev–Trinajstić information content (AvgIpc) is 2.39. The molecule has 1 aromatic rings. The number of benzene rings is 1. The normalized spacial score (nSPS) is 10.1. The summed E-state index contributed by atoms with van der Waals surface area (Å²) in [5, 5.41) is 8.52. The Kier molecular flexibility index (Phi) is 5.73. The first kappa shape index (κ1) is 14.9. The van der Waals surface area contributed by atoms with Crippen molar-refractivity contribution < 1.29 is 18.3 Å². The lowest BCUT2D eigenvalue weighted by Crippen LogP contribution is -2.32. The molecule has 0 heterocycles. The maximum atomic E-state index is 12.3. The first-order chi connectivity index (χ1) is 9.10. The Morgan fingerprint density at radius 1 is 1.47 bits per heavy atom. The number of alkyl halides is 2. The zero-order valence-corrected chi connectivity index (χ0v) is 10.5. The monoisotopic (exact) mass is 268 g/mol. The maximum Gasteiger partial charge on any atom is 0.387 e. The van der Waals surface area contributed by atoms with E-state index in [2.05, 4.69) is 4.74 Å². The third-order valence-electron chi connectivity index (χ3n) is 2.50. The lowest BCUT2D eigenvalue weighted by Gasteiger charge is -2.20. The van der Waals surface area contributed by atoms with Gasteiger partial charge in [0.15, 0.2) is 0 Å². The summed E-state index contributed by atoms with van der Waals surface area (Å²) in [5.74, 6) is -0.577. The molecule has 0 fully saturated rings. The van der Waals surface area contributed by atoms with Gasteiger partial charge in [-0.1, -0.05) is 12.1 Å². The smallest absolute Gasteiger partial charge is 0.387 e. The highest BCUT2D eigenvalue weighted by atomic mass is 19.3. The predicted molar refractivity (Wildman–Crippen MR) is 64.9 cm³/mol. The summed E-state index contributed by atoms with van der Waals surface area (Å²) in [6.45, 7) is -0.576. The van der Waals surface area contributed by atoms with E-state index in [4.69, 9.17) is 5.26 Å². The Hall–Kier alpha value is -2.16. The van der Waals surface area contributed by atoms with Crippen LogP contribution in [0.15, 0.2) is 24.3 Å². The number of carbonyl (C=O) groups is 1. The van der Waals surface area contributed by atoms with E-state index in [-0.39, 0.29) is 24.3 Å². The molecule has 0 aliphatic heterocycles. The largest absolute Gasteiger partial charge is 0.434 e. The van der Waals surface area contributed by atoms with Crippen LogP contribution in [-0.2, 0) is 0 Å². The Labute approximate surface area is 110 Å². The molecule has 0 unspecified atom stereocenters. The van der Waals surface area contributed by atoms with Gasteiger partial charge in [-0.3, -0.25) is 4.79 Å². The minimum Gasteiger partial charge on any atom is -0.434 e. The van der Waals surface area contributed by atoms with Gasteiger partial charge in [-0.15, -0.1) is 0 Å². The van der Waals surface area contributed by atoms with Crippen LogP contribution in [0, 0.1) is 11.3 Å². The van der Waals surface area contributed by atoms with Crippen LogP contribution < -0.4 is 4.74 Å². The van der Waals surface area contributed by atoms with E-state index in [0.29, 0.717) is 6.54 Å². The molecule has 0 saturated carbocycles. The fourth-order valence-corrected chi connectivity index (χ4v) is 1.60. The number of halogens is 2. The van der Waals surface area contributed by atoms with Crippen molar-refractivity contribution in [3.05, 3.63) is 29.8 Å². The topological polar surface area (TPSA) is 53.3 Å². The molecule has 4 nitrogen and oxygen atoms in total. The summed E-state index contributed by atoms with van der Waals surface area (Å²) >= 11 is 0. The van der Waals surface area contributed by atoms with Gasteiger partial charge >= 0.3 is 6.61 Å². The van der Waals surface area contributed by atoms with E-state index >= 15 is 0 Å². The lowest BCUT2D eigenvalue weighted by atomic mass is 10.1. The van der Waals surface area contributed by atoms with Crippen LogP contribution in [0.2, 0.25) is 0 Å². The van der Waals surface area contributed by atoms with Crippen LogP contribution in [-0.4, -0.2) is 30.5 Å². The summed E-state index contributed by atoms with van der Waals surface area (Å²) in [4.78, 5) is 13.6. The van der Waals surface area contributed by atoms with Crippen molar-refractivity contribution in [2.45, 2.75) is 20.0 Å². The van der Waals surface area contributed by atoms with Gasteiger partial charge in [0.1, 0.15) is 5.75 Å². The molecule has 1 amide bonds. The lowest BCUT2D eigenvalue weighted by molar-refractivity contribution is -0.0502. The summed E-state index contributed by atoms with van der Waals surface area (Å²) in [5.41, 5.74) is 0.0718. The van der Waals surface area contributed by atoms with E-state index < -0.39 is 12.5 Å². The number of carbonyl (C=O) groups excluding carboxylic acids is 1. The predicted octanol–water partition coefficient (Wildman–Crippen LogP) is 2.66. The van der Waals surface area contributed by atoms with Gasteiger partial charge in [0.25, 0.3) is 5.91 Å². The molecule has 0 aliphatic rings. The Balaban J connectivity index is 2.94. The van der Waals surface area contributed by atoms with Crippen molar-refractivity contribution in [3.63, 3.8) is 0 Å². The second-order valence-electron chi connectivity index (χ2n) is 3.67. The summed E-state index contributed by atoms with van der Waals surface area (Å²) in [6.07, 6.45) is 0.192.